The number of carbonyl (C=O) groups is 1. The van der Waals surface area contributed by atoms with Crippen molar-refractivity contribution in [2.75, 3.05) is 43.5 Å². The maximum absolute atomic E-state index is 12.7. The Morgan fingerprint density at radius 3 is 2.78 bits per heavy atom. The lowest BCUT2D eigenvalue weighted by molar-refractivity contribution is -0.113. The van der Waals surface area contributed by atoms with Crippen molar-refractivity contribution < 1.29 is 9.53 Å². The molecule has 1 aliphatic rings. The van der Waals surface area contributed by atoms with Gasteiger partial charge in [0.15, 0.2) is 0 Å². The van der Waals surface area contributed by atoms with Gasteiger partial charge in [-0.2, -0.15) is 5.26 Å². The minimum Gasteiger partial charge on any atom is -0.379 e. The van der Waals surface area contributed by atoms with E-state index in [4.69, 9.17) is 4.74 Å². The number of anilines is 3. The molecule has 0 saturated carbocycles. The van der Waals surface area contributed by atoms with E-state index < -0.39 is 0 Å². The van der Waals surface area contributed by atoms with E-state index in [-0.39, 0.29) is 5.91 Å². The number of nitrogens with one attached hydrogen (secondary N) is 2. The van der Waals surface area contributed by atoms with Crippen LogP contribution < -0.4 is 10.6 Å². The topological polar surface area (TPSA) is 90.3 Å². The molecule has 7 nitrogen and oxygen atoms in total. The minimum atomic E-state index is -0.235. The summed E-state index contributed by atoms with van der Waals surface area (Å²) < 4.78 is 6.27. The highest BCUT2D eigenvalue weighted by Crippen LogP contribution is 2.31. The summed E-state index contributed by atoms with van der Waals surface area (Å²) in [7, 11) is 0. The molecule has 4 rings (SSSR count). The Bertz CT molecular complexity index is 1210. The van der Waals surface area contributed by atoms with Gasteiger partial charge in [-0.05, 0) is 36.4 Å². The largest absolute Gasteiger partial charge is 0.379 e. The summed E-state index contributed by atoms with van der Waals surface area (Å²) >= 11 is 3.47. The van der Waals surface area contributed by atoms with Crippen LogP contribution in [0.3, 0.4) is 0 Å². The van der Waals surface area contributed by atoms with Crippen LogP contribution in [0.25, 0.3) is 10.9 Å². The molecule has 32 heavy (non-hydrogen) atoms. The second-order valence-corrected chi connectivity index (χ2v) is 8.39. The molecule has 2 heterocycles. The summed E-state index contributed by atoms with van der Waals surface area (Å²) in [5.74, 6) is -0.235. The van der Waals surface area contributed by atoms with E-state index in [0.29, 0.717) is 47.8 Å². The maximum Gasteiger partial charge on any atom is 0.252 e. The van der Waals surface area contributed by atoms with E-state index in [1.807, 2.05) is 36.4 Å². The molecule has 0 atom stereocenters. The molecule has 1 aromatic heterocycles. The van der Waals surface area contributed by atoms with Gasteiger partial charge in [-0.25, -0.2) is 0 Å². The third-order valence-electron chi connectivity index (χ3n) is 5.18. The van der Waals surface area contributed by atoms with E-state index in [2.05, 4.69) is 49.1 Å². The summed E-state index contributed by atoms with van der Waals surface area (Å²) in [6.07, 6.45) is 1.55. The number of pyridine rings is 1. The predicted molar refractivity (Wildman–Crippen MR) is 129 cm³/mol. The molecule has 1 amide bonds. The average molecular weight is 492 g/mol. The number of nitrogens with zero attached hydrogens (tertiary/aromatic N) is 3. The van der Waals surface area contributed by atoms with Gasteiger partial charge in [-0.1, -0.05) is 28.6 Å². The second kappa shape index (κ2) is 9.92. The number of hydrogen-bond donors (Lipinski definition) is 2. The average Bonchev–Trinajstić information content (AvgIpc) is 2.80. The van der Waals surface area contributed by atoms with Gasteiger partial charge in [0.2, 0.25) is 0 Å². The van der Waals surface area contributed by atoms with Gasteiger partial charge in [0, 0.05) is 52.6 Å². The van der Waals surface area contributed by atoms with Crippen molar-refractivity contribution in [2.45, 2.75) is 0 Å². The van der Waals surface area contributed by atoms with Gasteiger partial charge in [-0.15, -0.1) is 0 Å². The van der Waals surface area contributed by atoms with E-state index >= 15 is 0 Å². The standard InChI is InChI=1S/C24H22BrN5O2/c1-16(15-30-7-9-32-10-8-30)24(31)29-20-5-6-22-21(12-20)23(17(13-26)14-27-22)28-19-4-2-3-18(25)11-19/h2-6,11-12,14H,1,7-10,15H2,(H,27,28)(H,29,31). The summed E-state index contributed by atoms with van der Waals surface area (Å²) in [5.41, 5.74) is 3.70. The van der Waals surface area contributed by atoms with E-state index in [9.17, 15) is 10.1 Å². The van der Waals surface area contributed by atoms with Crippen molar-refractivity contribution in [3.05, 3.63) is 70.8 Å². The van der Waals surface area contributed by atoms with Crippen molar-refractivity contribution in [2.24, 2.45) is 0 Å². The fourth-order valence-electron chi connectivity index (χ4n) is 3.52. The number of morpholine rings is 1. The van der Waals surface area contributed by atoms with Crippen LogP contribution in [0.4, 0.5) is 17.1 Å². The zero-order valence-electron chi connectivity index (χ0n) is 17.4. The van der Waals surface area contributed by atoms with Crippen molar-refractivity contribution in [3.63, 3.8) is 0 Å². The first kappa shape index (κ1) is 22.0. The van der Waals surface area contributed by atoms with Crippen molar-refractivity contribution >= 4 is 49.8 Å². The molecule has 3 aromatic rings. The Morgan fingerprint density at radius 2 is 2.03 bits per heavy atom. The first-order valence-electron chi connectivity index (χ1n) is 10.2. The number of nitriles is 1. The number of amides is 1. The zero-order valence-corrected chi connectivity index (χ0v) is 19.0. The fourth-order valence-corrected chi connectivity index (χ4v) is 3.92. The number of carbonyl (C=O) groups excluding carboxylic acids is 1. The first-order valence-corrected chi connectivity index (χ1v) is 11.0. The Hall–Kier alpha value is -3.25. The number of rotatable bonds is 6. The molecule has 0 bridgehead atoms. The molecule has 0 radical (unpaired) electrons. The summed E-state index contributed by atoms with van der Waals surface area (Å²) in [6.45, 7) is 7.36. The van der Waals surface area contributed by atoms with E-state index in [1.54, 1.807) is 12.3 Å². The predicted octanol–water partition coefficient (Wildman–Crippen LogP) is 4.44. The Morgan fingerprint density at radius 1 is 1.22 bits per heavy atom. The van der Waals surface area contributed by atoms with Crippen molar-refractivity contribution in [3.8, 4) is 6.07 Å². The zero-order chi connectivity index (χ0) is 22.5. The van der Waals surface area contributed by atoms with Gasteiger partial charge in [0.25, 0.3) is 5.91 Å². The van der Waals surface area contributed by atoms with Gasteiger partial charge in [0.05, 0.1) is 30.0 Å². The number of fused-ring (bicyclic) bond motifs is 1. The molecular weight excluding hydrogens is 470 g/mol. The normalized spacial score (nSPS) is 14.0. The molecule has 2 aromatic carbocycles. The first-order chi connectivity index (χ1) is 15.5. The fraction of sp³-hybridized carbons (Fsp3) is 0.208. The Kier molecular flexibility index (Phi) is 6.81. The Balaban J connectivity index is 1.59. The molecule has 0 aliphatic carbocycles. The smallest absolute Gasteiger partial charge is 0.252 e. The summed E-state index contributed by atoms with van der Waals surface area (Å²) in [6, 6.07) is 15.3. The van der Waals surface area contributed by atoms with Crippen LogP contribution in [0.1, 0.15) is 5.56 Å². The minimum absolute atomic E-state index is 0.235. The van der Waals surface area contributed by atoms with Crippen LogP contribution in [-0.2, 0) is 9.53 Å². The Labute approximate surface area is 194 Å². The van der Waals surface area contributed by atoms with Crippen molar-refractivity contribution in [1.82, 2.24) is 9.88 Å². The molecule has 1 fully saturated rings. The van der Waals surface area contributed by atoms with Gasteiger partial charge in [0.1, 0.15) is 6.07 Å². The quantitative estimate of drug-likeness (QED) is 0.495. The number of hydrogen-bond acceptors (Lipinski definition) is 6. The van der Waals surface area contributed by atoms with Crippen LogP contribution in [0.5, 0.6) is 0 Å². The SMILES string of the molecule is C=C(CN1CCOCC1)C(=O)Nc1ccc2ncc(C#N)c(Nc3cccc(Br)c3)c2c1. The van der Waals surface area contributed by atoms with Gasteiger partial charge < -0.3 is 15.4 Å². The van der Waals surface area contributed by atoms with E-state index in [1.165, 1.54) is 0 Å². The lowest BCUT2D eigenvalue weighted by Crippen LogP contribution is -2.38. The molecule has 2 N–H and O–H groups in total. The van der Waals surface area contributed by atoms with Gasteiger partial charge in [-0.3, -0.25) is 14.7 Å². The highest BCUT2D eigenvalue weighted by atomic mass is 79.9. The van der Waals surface area contributed by atoms with Crippen LogP contribution >= 0.6 is 15.9 Å². The van der Waals surface area contributed by atoms with Crippen molar-refractivity contribution in [1.29, 1.82) is 5.26 Å². The van der Waals surface area contributed by atoms with Gasteiger partial charge >= 0.3 is 0 Å². The maximum atomic E-state index is 12.7. The molecule has 162 valence electrons. The molecular formula is C24H22BrN5O2. The molecule has 1 saturated heterocycles. The van der Waals surface area contributed by atoms with Crippen LogP contribution in [0, 0.1) is 11.3 Å². The molecule has 0 unspecified atom stereocenters. The van der Waals surface area contributed by atoms with Crippen LogP contribution in [0.2, 0.25) is 0 Å². The molecule has 1 aliphatic heterocycles. The second-order valence-electron chi connectivity index (χ2n) is 7.47. The number of aromatic nitrogens is 1. The van der Waals surface area contributed by atoms with Crippen LogP contribution in [-0.4, -0.2) is 48.6 Å². The lowest BCUT2D eigenvalue weighted by atomic mass is 10.1. The number of ether oxygens (including phenoxy) is 1. The number of halogens is 1. The third kappa shape index (κ3) is 5.14. The summed E-state index contributed by atoms with van der Waals surface area (Å²) in [5, 5.41) is 16.6. The summed E-state index contributed by atoms with van der Waals surface area (Å²) in [4.78, 5) is 19.2. The van der Waals surface area contributed by atoms with E-state index in [0.717, 1.165) is 28.6 Å². The molecule has 8 heteroatoms. The van der Waals surface area contributed by atoms with Crippen LogP contribution in [0.15, 0.2) is 65.3 Å². The monoisotopic (exact) mass is 491 g/mol. The molecule has 0 spiro atoms. The third-order valence-corrected chi connectivity index (χ3v) is 5.67. The lowest BCUT2D eigenvalue weighted by Gasteiger charge is -2.26. The number of benzene rings is 2. The highest BCUT2D eigenvalue weighted by molar-refractivity contribution is 9.10. The highest BCUT2D eigenvalue weighted by Gasteiger charge is 2.16.